The molecule has 0 aliphatic heterocycles. The van der Waals surface area contributed by atoms with Crippen molar-refractivity contribution in [2.45, 2.75) is 26.8 Å². The third kappa shape index (κ3) is 2.62. The molecule has 0 aliphatic carbocycles. The van der Waals surface area contributed by atoms with Crippen LogP contribution in [0.1, 0.15) is 40.3 Å². The number of pyridine rings is 1. The van der Waals surface area contributed by atoms with Crippen molar-refractivity contribution in [1.29, 1.82) is 0 Å². The third-order valence-electron chi connectivity index (χ3n) is 3.09. The van der Waals surface area contributed by atoms with Gasteiger partial charge < -0.3 is 15.3 Å². The number of amides is 1. The van der Waals surface area contributed by atoms with Gasteiger partial charge in [0.1, 0.15) is 5.76 Å². The molecule has 1 unspecified atom stereocenters. The van der Waals surface area contributed by atoms with Gasteiger partial charge in [-0.1, -0.05) is 5.16 Å². The molecule has 1 amide bonds. The van der Waals surface area contributed by atoms with E-state index in [4.69, 9.17) is 10.4 Å². The van der Waals surface area contributed by atoms with Crippen LogP contribution in [-0.4, -0.2) is 16.0 Å². The van der Waals surface area contributed by atoms with E-state index >= 15 is 0 Å². The SMILES string of the molecule is Cc1noc(C)c1C(C)NC(=O)c1ccncc1NN. The van der Waals surface area contributed by atoms with Crippen molar-refractivity contribution >= 4 is 11.6 Å². The maximum atomic E-state index is 12.3. The Morgan fingerprint density at radius 3 is 2.80 bits per heavy atom. The van der Waals surface area contributed by atoms with Crippen molar-refractivity contribution in [2.75, 3.05) is 5.43 Å². The van der Waals surface area contributed by atoms with E-state index < -0.39 is 0 Å². The lowest BCUT2D eigenvalue weighted by Crippen LogP contribution is -2.28. The molecule has 0 fully saturated rings. The zero-order valence-electron chi connectivity index (χ0n) is 11.6. The number of nitrogen functional groups attached to an aromatic ring is 1. The Kier molecular flexibility index (Phi) is 3.99. The molecule has 20 heavy (non-hydrogen) atoms. The van der Waals surface area contributed by atoms with Crippen LogP contribution in [0.2, 0.25) is 0 Å². The summed E-state index contributed by atoms with van der Waals surface area (Å²) >= 11 is 0. The van der Waals surface area contributed by atoms with Gasteiger partial charge in [0.2, 0.25) is 0 Å². The molecule has 0 radical (unpaired) electrons. The standard InChI is InChI=1S/C13H17N5O2/c1-7(12-8(2)18-20-9(12)3)16-13(19)10-4-5-15-6-11(10)17-14/h4-7,17H,14H2,1-3H3,(H,16,19). The molecule has 0 aromatic carbocycles. The van der Waals surface area contributed by atoms with Crippen LogP contribution in [0.25, 0.3) is 0 Å². The van der Waals surface area contributed by atoms with Crippen molar-refractivity contribution in [1.82, 2.24) is 15.5 Å². The molecule has 0 saturated heterocycles. The first-order valence-corrected chi connectivity index (χ1v) is 6.18. The van der Waals surface area contributed by atoms with Crippen LogP contribution in [0.15, 0.2) is 23.0 Å². The molecule has 0 spiro atoms. The molecular weight excluding hydrogens is 258 g/mol. The van der Waals surface area contributed by atoms with Crippen LogP contribution >= 0.6 is 0 Å². The molecule has 1 atom stereocenters. The second-order valence-electron chi connectivity index (χ2n) is 4.50. The van der Waals surface area contributed by atoms with Crippen LogP contribution in [0.4, 0.5) is 5.69 Å². The molecule has 2 aromatic rings. The summed E-state index contributed by atoms with van der Waals surface area (Å²) in [5, 5.41) is 6.78. The van der Waals surface area contributed by atoms with E-state index in [1.54, 1.807) is 6.07 Å². The fourth-order valence-electron chi connectivity index (χ4n) is 2.16. The summed E-state index contributed by atoms with van der Waals surface area (Å²) in [6, 6.07) is 1.39. The van der Waals surface area contributed by atoms with Crippen LogP contribution in [-0.2, 0) is 0 Å². The van der Waals surface area contributed by atoms with E-state index in [9.17, 15) is 4.79 Å². The van der Waals surface area contributed by atoms with Crippen molar-refractivity contribution < 1.29 is 9.32 Å². The smallest absolute Gasteiger partial charge is 0.254 e. The van der Waals surface area contributed by atoms with E-state index in [0.29, 0.717) is 17.0 Å². The normalized spacial score (nSPS) is 12.0. The van der Waals surface area contributed by atoms with Crippen molar-refractivity contribution in [2.24, 2.45) is 5.84 Å². The van der Waals surface area contributed by atoms with Gasteiger partial charge in [-0.25, -0.2) is 0 Å². The Labute approximate surface area is 116 Å². The highest BCUT2D eigenvalue weighted by atomic mass is 16.5. The van der Waals surface area contributed by atoms with E-state index in [0.717, 1.165) is 11.3 Å². The van der Waals surface area contributed by atoms with Crippen LogP contribution in [0, 0.1) is 13.8 Å². The number of hydrazine groups is 1. The topological polar surface area (TPSA) is 106 Å². The maximum absolute atomic E-state index is 12.3. The lowest BCUT2D eigenvalue weighted by Gasteiger charge is -2.15. The largest absolute Gasteiger partial charge is 0.361 e. The van der Waals surface area contributed by atoms with Gasteiger partial charge in [-0.2, -0.15) is 0 Å². The number of carbonyl (C=O) groups is 1. The summed E-state index contributed by atoms with van der Waals surface area (Å²) in [6.07, 6.45) is 3.03. The van der Waals surface area contributed by atoms with E-state index in [1.807, 2.05) is 20.8 Å². The summed E-state index contributed by atoms with van der Waals surface area (Å²) in [7, 11) is 0. The molecule has 0 aliphatic rings. The molecule has 4 N–H and O–H groups in total. The molecule has 0 saturated carbocycles. The molecule has 2 heterocycles. The number of nitrogens with zero attached hydrogens (tertiary/aromatic N) is 2. The number of nitrogens with one attached hydrogen (secondary N) is 2. The monoisotopic (exact) mass is 275 g/mol. The van der Waals surface area contributed by atoms with Gasteiger partial charge in [0, 0.05) is 11.8 Å². The second-order valence-corrected chi connectivity index (χ2v) is 4.50. The van der Waals surface area contributed by atoms with E-state index in [1.165, 1.54) is 12.4 Å². The molecule has 106 valence electrons. The number of aromatic nitrogens is 2. The van der Waals surface area contributed by atoms with Gasteiger partial charge in [-0.3, -0.25) is 15.6 Å². The second kappa shape index (κ2) is 5.70. The molecule has 7 heteroatoms. The Morgan fingerprint density at radius 1 is 1.45 bits per heavy atom. The Morgan fingerprint density at radius 2 is 2.20 bits per heavy atom. The first kappa shape index (κ1) is 14.0. The average Bonchev–Trinajstić information content (AvgIpc) is 2.78. The summed E-state index contributed by atoms with van der Waals surface area (Å²) in [6.45, 7) is 5.53. The van der Waals surface area contributed by atoms with Crippen molar-refractivity contribution in [3.8, 4) is 0 Å². The summed E-state index contributed by atoms with van der Waals surface area (Å²) in [5.41, 5.74) is 5.00. The fraction of sp³-hybridized carbons (Fsp3) is 0.308. The van der Waals surface area contributed by atoms with Gasteiger partial charge in [-0.05, 0) is 26.8 Å². The van der Waals surface area contributed by atoms with Crippen LogP contribution in [0.3, 0.4) is 0 Å². The maximum Gasteiger partial charge on any atom is 0.254 e. The quantitative estimate of drug-likeness (QED) is 0.576. The number of hydrogen-bond donors (Lipinski definition) is 3. The predicted octanol–water partition coefficient (Wildman–Crippen LogP) is 1.46. The minimum absolute atomic E-state index is 0.215. The fourth-order valence-corrected chi connectivity index (χ4v) is 2.16. The first-order chi connectivity index (χ1) is 9.54. The lowest BCUT2D eigenvalue weighted by atomic mass is 10.1. The van der Waals surface area contributed by atoms with Crippen molar-refractivity contribution in [3.05, 3.63) is 41.0 Å². The summed E-state index contributed by atoms with van der Waals surface area (Å²) in [4.78, 5) is 16.2. The minimum Gasteiger partial charge on any atom is -0.361 e. The van der Waals surface area contributed by atoms with Crippen LogP contribution in [0.5, 0.6) is 0 Å². The summed E-state index contributed by atoms with van der Waals surface area (Å²) in [5.74, 6) is 5.82. The van der Waals surface area contributed by atoms with Gasteiger partial charge in [0.05, 0.1) is 29.2 Å². The number of anilines is 1. The Balaban J connectivity index is 2.20. The number of carbonyl (C=O) groups excluding carboxylic acids is 1. The first-order valence-electron chi connectivity index (χ1n) is 6.18. The zero-order valence-corrected chi connectivity index (χ0v) is 11.6. The van der Waals surface area contributed by atoms with Gasteiger partial charge >= 0.3 is 0 Å². The molecular formula is C13H17N5O2. The Hall–Kier alpha value is -2.41. The number of nitrogens with two attached hydrogens (primary N) is 1. The predicted molar refractivity (Wildman–Crippen MR) is 73.9 cm³/mol. The highest BCUT2D eigenvalue weighted by Crippen LogP contribution is 2.22. The number of rotatable bonds is 4. The number of hydrogen-bond acceptors (Lipinski definition) is 6. The number of aryl methyl sites for hydroxylation is 2. The van der Waals surface area contributed by atoms with Gasteiger partial charge in [-0.15, -0.1) is 0 Å². The molecule has 0 bridgehead atoms. The van der Waals surface area contributed by atoms with Gasteiger partial charge in [0.25, 0.3) is 5.91 Å². The van der Waals surface area contributed by atoms with Crippen molar-refractivity contribution in [3.63, 3.8) is 0 Å². The molecule has 2 aromatic heterocycles. The molecule has 7 nitrogen and oxygen atoms in total. The summed E-state index contributed by atoms with van der Waals surface area (Å²) < 4.78 is 5.10. The van der Waals surface area contributed by atoms with Gasteiger partial charge in [0.15, 0.2) is 0 Å². The Bertz CT molecular complexity index is 603. The minimum atomic E-state index is -0.243. The van der Waals surface area contributed by atoms with Crippen LogP contribution < -0.4 is 16.6 Å². The highest BCUT2D eigenvalue weighted by Gasteiger charge is 2.20. The lowest BCUT2D eigenvalue weighted by molar-refractivity contribution is 0.0940. The molecule has 2 rings (SSSR count). The highest BCUT2D eigenvalue weighted by molar-refractivity contribution is 5.99. The van der Waals surface area contributed by atoms with E-state index in [-0.39, 0.29) is 11.9 Å². The average molecular weight is 275 g/mol. The zero-order chi connectivity index (χ0) is 14.7. The third-order valence-corrected chi connectivity index (χ3v) is 3.09. The van der Waals surface area contributed by atoms with E-state index in [2.05, 4.69) is 20.9 Å².